The molecule has 1 aromatic carbocycles. The van der Waals surface area contributed by atoms with E-state index in [1.807, 2.05) is 6.92 Å². The van der Waals surface area contributed by atoms with Gasteiger partial charge in [-0.2, -0.15) is 0 Å². The summed E-state index contributed by atoms with van der Waals surface area (Å²) in [4.78, 5) is 15.4. The zero-order valence-electron chi connectivity index (χ0n) is 12.9. The molecule has 7 nitrogen and oxygen atoms in total. The lowest BCUT2D eigenvalue weighted by Crippen LogP contribution is -2.32. The number of sulfone groups is 1. The van der Waals surface area contributed by atoms with Crippen molar-refractivity contribution < 1.29 is 18.3 Å². The van der Waals surface area contributed by atoms with Crippen molar-refractivity contribution >= 4 is 39.0 Å². The van der Waals surface area contributed by atoms with E-state index >= 15 is 0 Å². The molecular weight excluding hydrogens is 342 g/mol. The van der Waals surface area contributed by atoms with Gasteiger partial charge in [-0.1, -0.05) is 18.5 Å². The molecule has 0 saturated heterocycles. The molecule has 0 fully saturated rings. The second-order valence-electron chi connectivity index (χ2n) is 5.38. The molecule has 0 saturated carbocycles. The Kier molecular flexibility index (Phi) is 4.86. The number of anilines is 1. The van der Waals surface area contributed by atoms with E-state index in [1.165, 1.54) is 26.0 Å². The lowest BCUT2D eigenvalue weighted by atomic mass is 10.2. The summed E-state index contributed by atoms with van der Waals surface area (Å²) in [5, 5.41) is 14.8. The number of nitrogens with zero attached hydrogens (tertiary/aromatic N) is 1. The smallest absolute Gasteiger partial charge is 0.251 e. The number of carbonyl (C=O) groups excluding carboxylic acids is 1. The molecule has 0 radical (unpaired) electrons. The average molecular weight is 360 g/mol. The SMILES string of the molecule is CCC1N=C(Nc2ccc(Cl)c(S(=O)(=O)C(C)C)c2O)NC1=O. The zero-order valence-corrected chi connectivity index (χ0v) is 14.5. The van der Waals surface area contributed by atoms with Crippen LogP contribution in [0, 0.1) is 0 Å². The number of carbonyl (C=O) groups is 1. The Labute approximate surface area is 139 Å². The highest BCUT2D eigenvalue weighted by atomic mass is 35.5. The van der Waals surface area contributed by atoms with Crippen molar-refractivity contribution in [2.24, 2.45) is 4.99 Å². The van der Waals surface area contributed by atoms with Gasteiger partial charge in [0.15, 0.2) is 15.6 Å². The van der Waals surface area contributed by atoms with Crippen molar-refractivity contribution in [3.8, 4) is 5.75 Å². The topological polar surface area (TPSA) is 108 Å². The molecule has 3 N–H and O–H groups in total. The monoisotopic (exact) mass is 359 g/mol. The van der Waals surface area contributed by atoms with Gasteiger partial charge in [0, 0.05) is 0 Å². The van der Waals surface area contributed by atoms with Crippen molar-refractivity contribution in [2.45, 2.75) is 43.4 Å². The van der Waals surface area contributed by atoms with E-state index in [1.54, 1.807) is 0 Å². The fourth-order valence-electron chi connectivity index (χ4n) is 2.07. The van der Waals surface area contributed by atoms with Gasteiger partial charge in [0.2, 0.25) is 5.96 Å². The van der Waals surface area contributed by atoms with Gasteiger partial charge in [0.25, 0.3) is 5.91 Å². The molecule has 9 heteroatoms. The molecule has 126 valence electrons. The summed E-state index contributed by atoms with van der Waals surface area (Å²) in [7, 11) is -3.77. The van der Waals surface area contributed by atoms with Gasteiger partial charge >= 0.3 is 0 Å². The molecule has 0 bridgehead atoms. The summed E-state index contributed by atoms with van der Waals surface area (Å²) in [5.41, 5.74) is 0.101. The molecule has 0 aromatic heterocycles. The number of phenols is 1. The molecular formula is C14H18ClN3O4S. The number of aliphatic imine (C=N–C) groups is 1. The first kappa shape index (κ1) is 17.6. The number of aromatic hydroxyl groups is 1. The summed E-state index contributed by atoms with van der Waals surface area (Å²) in [6, 6.07) is 2.30. The van der Waals surface area contributed by atoms with Crippen LogP contribution in [0.3, 0.4) is 0 Å². The number of benzene rings is 1. The number of hydrogen-bond donors (Lipinski definition) is 3. The third kappa shape index (κ3) is 3.28. The molecule has 1 aliphatic heterocycles. The van der Waals surface area contributed by atoms with Crippen LogP contribution >= 0.6 is 11.6 Å². The van der Waals surface area contributed by atoms with E-state index in [2.05, 4.69) is 15.6 Å². The van der Waals surface area contributed by atoms with Gasteiger partial charge in [-0.25, -0.2) is 13.4 Å². The van der Waals surface area contributed by atoms with Gasteiger partial charge in [0.1, 0.15) is 10.9 Å². The Morgan fingerprint density at radius 3 is 2.61 bits per heavy atom. The maximum absolute atomic E-state index is 12.3. The summed E-state index contributed by atoms with van der Waals surface area (Å²) >= 11 is 5.95. The van der Waals surface area contributed by atoms with Crippen molar-refractivity contribution in [3.63, 3.8) is 0 Å². The average Bonchev–Trinajstić information content (AvgIpc) is 2.81. The number of nitrogens with one attached hydrogen (secondary N) is 2. The van der Waals surface area contributed by atoms with Crippen molar-refractivity contribution in [2.75, 3.05) is 5.32 Å². The lowest BCUT2D eigenvalue weighted by molar-refractivity contribution is -0.120. The number of guanidine groups is 1. The third-order valence-electron chi connectivity index (χ3n) is 3.46. The predicted molar refractivity (Wildman–Crippen MR) is 88.7 cm³/mol. The van der Waals surface area contributed by atoms with E-state index < -0.39 is 26.9 Å². The van der Waals surface area contributed by atoms with Crippen LogP contribution in [0.1, 0.15) is 27.2 Å². The summed E-state index contributed by atoms with van der Waals surface area (Å²) < 4.78 is 24.7. The zero-order chi connectivity index (χ0) is 17.4. The first-order valence-corrected chi connectivity index (χ1v) is 9.02. The molecule has 0 spiro atoms. The first-order valence-electron chi connectivity index (χ1n) is 7.09. The van der Waals surface area contributed by atoms with Crippen LogP contribution in [0.4, 0.5) is 5.69 Å². The van der Waals surface area contributed by atoms with Crippen molar-refractivity contribution in [3.05, 3.63) is 17.2 Å². The Balaban J connectivity index is 2.42. The van der Waals surface area contributed by atoms with E-state index in [0.717, 1.165) is 0 Å². The Morgan fingerprint density at radius 2 is 2.09 bits per heavy atom. The number of halogens is 1. The van der Waals surface area contributed by atoms with Crippen LogP contribution in [0.25, 0.3) is 0 Å². The molecule has 1 heterocycles. The molecule has 1 amide bonds. The number of rotatable bonds is 4. The van der Waals surface area contributed by atoms with Crippen LogP contribution in [-0.4, -0.2) is 36.7 Å². The van der Waals surface area contributed by atoms with Crippen LogP contribution in [0.2, 0.25) is 5.02 Å². The molecule has 0 aliphatic carbocycles. The predicted octanol–water partition coefficient (Wildman–Crippen LogP) is 1.90. The number of hydrogen-bond acceptors (Lipinski definition) is 6. The quantitative estimate of drug-likeness (QED) is 0.711. The highest BCUT2D eigenvalue weighted by Crippen LogP contribution is 2.38. The molecule has 23 heavy (non-hydrogen) atoms. The second kappa shape index (κ2) is 6.37. The molecule has 1 aliphatic rings. The summed E-state index contributed by atoms with van der Waals surface area (Å²) in [6.45, 7) is 4.82. The Morgan fingerprint density at radius 1 is 1.43 bits per heavy atom. The minimum Gasteiger partial charge on any atom is -0.504 e. The van der Waals surface area contributed by atoms with Crippen molar-refractivity contribution in [1.82, 2.24) is 5.32 Å². The highest BCUT2D eigenvalue weighted by Gasteiger charge is 2.29. The largest absolute Gasteiger partial charge is 0.504 e. The van der Waals surface area contributed by atoms with Gasteiger partial charge in [-0.3, -0.25) is 10.1 Å². The molecule has 1 aromatic rings. The summed E-state index contributed by atoms with van der Waals surface area (Å²) in [6.07, 6.45) is 0.538. The summed E-state index contributed by atoms with van der Waals surface area (Å²) in [5.74, 6) is -0.589. The third-order valence-corrected chi connectivity index (χ3v) is 6.11. The van der Waals surface area contributed by atoms with Gasteiger partial charge in [-0.15, -0.1) is 0 Å². The number of amides is 1. The normalized spacial score (nSPS) is 18.0. The van der Waals surface area contributed by atoms with Gasteiger partial charge < -0.3 is 10.4 Å². The van der Waals surface area contributed by atoms with E-state index in [-0.39, 0.29) is 27.5 Å². The lowest BCUT2D eigenvalue weighted by Gasteiger charge is -2.15. The van der Waals surface area contributed by atoms with E-state index in [0.29, 0.717) is 6.42 Å². The van der Waals surface area contributed by atoms with E-state index in [9.17, 15) is 18.3 Å². The van der Waals surface area contributed by atoms with Gasteiger partial charge in [-0.05, 0) is 32.4 Å². The fourth-order valence-corrected chi connectivity index (χ4v) is 3.73. The van der Waals surface area contributed by atoms with Crippen LogP contribution in [-0.2, 0) is 14.6 Å². The first-order chi connectivity index (χ1) is 10.7. The minimum absolute atomic E-state index is 0.0643. The van der Waals surface area contributed by atoms with E-state index in [4.69, 9.17) is 11.6 Å². The Hall–Kier alpha value is -1.80. The molecule has 1 unspecified atom stereocenters. The van der Waals surface area contributed by atoms with Crippen LogP contribution < -0.4 is 10.6 Å². The molecule has 2 rings (SSSR count). The van der Waals surface area contributed by atoms with Crippen LogP contribution in [0.15, 0.2) is 22.0 Å². The van der Waals surface area contributed by atoms with Gasteiger partial charge in [0.05, 0.1) is 16.0 Å². The maximum Gasteiger partial charge on any atom is 0.251 e. The second-order valence-corrected chi connectivity index (χ2v) is 8.23. The van der Waals surface area contributed by atoms with Crippen LogP contribution in [0.5, 0.6) is 5.75 Å². The maximum atomic E-state index is 12.3. The standard InChI is InChI=1S/C14H18ClN3O4S/c1-4-9-13(20)18-14(16-9)17-10-6-5-8(15)12(11(10)19)23(21,22)7(2)3/h5-7,9,19H,4H2,1-3H3,(H2,16,17,18,20). The fraction of sp³-hybridized carbons (Fsp3) is 0.429. The Bertz CT molecular complexity index is 774. The van der Waals surface area contributed by atoms with Crippen molar-refractivity contribution in [1.29, 1.82) is 0 Å². The minimum atomic E-state index is -3.77. The molecule has 1 atom stereocenters. The highest BCUT2D eigenvalue weighted by molar-refractivity contribution is 7.92. The number of phenolic OH excluding ortho intramolecular Hbond substituents is 1.